The molecule has 6 nitrogen and oxygen atoms in total. The first-order valence-corrected chi connectivity index (χ1v) is 7.87. The molecule has 0 saturated carbocycles. The van der Waals surface area contributed by atoms with Gasteiger partial charge in [-0.3, -0.25) is 13.6 Å². The molecule has 0 aliphatic heterocycles. The van der Waals surface area contributed by atoms with Crippen molar-refractivity contribution < 1.29 is 23.2 Å². The molecule has 1 heterocycles. The van der Waals surface area contributed by atoms with E-state index in [0.717, 1.165) is 5.39 Å². The van der Waals surface area contributed by atoms with Gasteiger partial charge in [-0.05, 0) is 34.1 Å². The quantitative estimate of drug-likeness (QED) is 0.819. The number of rotatable bonds is 5. The van der Waals surface area contributed by atoms with Crippen LogP contribution in [0, 0.1) is 0 Å². The van der Waals surface area contributed by atoms with E-state index in [-0.39, 0.29) is 12.4 Å². The van der Waals surface area contributed by atoms with E-state index in [1.807, 2.05) is 6.07 Å². The summed E-state index contributed by atoms with van der Waals surface area (Å²) in [5, 5.41) is 10.5. The molecule has 0 aliphatic rings. The van der Waals surface area contributed by atoms with E-state index in [2.05, 4.69) is 30.0 Å². The summed E-state index contributed by atoms with van der Waals surface area (Å²) in [5.41, 5.74) is 1.13. The number of hydrogen-bond acceptors (Lipinski definition) is 6. The summed E-state index contributed by atoms with van der Waals surface area (Å²) >= 11 is 3.28. The van der Waals surface area contributed by atoms with E-state index < -0.39 is 7.82 Å². The molecule has 20 heavy (non-hydrogen) atoms. The number of phenols is 1. The van der Waals surface area contributed by atoms with E-state index in [1.165, 1.54) is 14.2 Å². The van der Waals surface area contributed by atoms with Gasteiger partial charge in [-0.2, -0.15) is 0 Å². The topological polar surface area (TPSA) is 77.9 Å². The Labute approximate surface area is 124 Å². The summed E-state index contributed by atoms with van der Waals surface area (Å²) in [6, 6.07) is 6.90. The molecule has 0 atom stereocenters. The Morgan fingerprint density at radius 3 is 2.55 bits per heavy atom. The van der Waals surface area contributed by atoms with Crippen LogP contribution in [-0.2, 0) is 24.7 Å². The molecule has 0 radical (unpaired) electrons. The number of benzene rings is 1. The van der Waals surface area contributed by atoms with Crippen molar-refractivity contribution in [2.75, 3.05) is 14.2 Å². The summed E-state index contributed by atoms with van der Waals surface area (Å²) in [6.07, 6.45) is 0. The maximum absolute atomic E-state index is 11.8. The second-order valence-corrected chi connectivity index (χ2v) is 6.53. The van der Waals surface area contributed by atoms with Gasteiger partial charge in [0.1, 0.15) is 12.4 Å². The Kier molecular flexibility index (Phi) is 4.78. The number of pyridine rings is 1. The van der Waals surface area contributed by atoms with Crippen LogP contribution in [0.3, 0.4) is 0 Å². The molecule has 0 fully saturated rings. The average molecular weight is 362 g/mol. The summed E-state index contributed by atoms with van der Waals surface area (Å²) in [4.78, 5) is 4.34. The zero-order valence-electron chi connectivity index (χ0n) is 10.9. The van der Waals surface area contributed by atoms with E-state index in [9.17, 15) is 9.67 Å². The number of hydrogen-bond donors (Lipinski definition) is 1. The van der Waals surface area contributed by atoms with Crippen LogP contribution in [0.5, 0.6) is 5.75 Å². The molecule has 0 unspecified atom stereocenters. The lowest BCUT2D eigenvalue weighted by atomic mass is 10.2. The minimum atomic E-state index is -3.53. The van der Waals surface area contributed by atoms with E-state index in [0.29, 0.717) is 15.7 Å². The Bertz CT molecular complexity index is 670. The van der Waals surface area contributed by atoms with Crippen molar-refractivity contribution in [1.29, 1.82) is 0 Å². The molecule has 1 aromatic heterocycles. The molecule has 108 valence electrons. The number of aromatic hydroxyl groups is 1. The van der Waals surface area contributed by atoms with Gasteiger partial charge in [0.15, 0.2) is 0 Å². The second kappa shape index (κ2) is 6.20. The van der Waals surface area contributed by atoms with E-state index in [4.69, 9.17) is 4.52 Å². The van der Waals surface area contributed by atoms with Crippen molar-refractivity contribution in [3.63, 3.8) is 0 Å². The average Bonchev–Trinajstić information content (AvgIpc) is 2.49. The molecule has 0 aliphatic carbocycles. The standard InChI is InChI=1S/C12H13BrNO5P/c1-17-20(16,18-2)19-7-9-5-3-8-4-6-10(15)11(13)12(8)14-9/h3-6,15H,7H2,1-2H3. The van der Waals surface area contributed by atoms with Crippen molar-refractivity contribution >= 4 is 34.7 Å². The molecule has 0 amide bonds. The summed E-state index contributed by atoms with van der Waals surface area (Å²) < 4.78 is 26.7. The van der Waals surface area contributed by atoms with Crippen molar-refractivity contribution in [1.82, 2.24) is 4.98 Å². The van der Waals surface area contributed by atoms with Crippen LogP contribution >= 0.6 is 23.8 Å². The molecule has 0 bridgehead atoms. The second-order valence-electron chi connectivity index (χ2n) is 3.86. The van der Waals surface area contributed by atoms with Gasteiger partial charge >= 0.3 is 7.82 Å². The highest BCUT2D eigenvalue weighted by molar-refractivity contribution is 9.10. The van der Waals surface area contributed by atoms with Crippen molar-refractivity contribution in [3.8, 4) is 5.75 Å². The zero-order valence-corrected chi connectivity index (χ0v) is 13.3. The van der Waals surface area contributed by atoms with Crippen LogP contribution in [0.1, 0.15) is 5.69 Å². The molecule has 0 saturated heterocycles. The summed E-state index contributed by atoms with van der Waals surface area (Å²) in [7, 11) is -1.04. The number of aromatic nitrogens is 1. The predicted octanol–water partition coefficient (Wildman–Crippen LogP) is 3.62. The molecule has 2 aromatic rings. The van der Waals surface area contributed by atoms with Crippen LogP contribution in [0.15, 0.2) is 28.7 Å². The first kappa shape index (κ1) is 15.4. The number of phosphoric acid groups is 1. The van der Waals surface area contributed by atoms with Gasteiger partial charge in [-0.15, -0.1) is 0 Å². The Morgan fingerprint density at radius 1 is 1.25 bits per heavy atom. The molecule has 1 aromatic carbocycles. The van der Waals surface area contributed by atoms with E-state index >= 15 is 0 Å². The minimum Gasteiger partial charge on any atom is -0.507 e. The van der Waals surface area contributed by atoms with Gasteiger partial charge in [-0.25, -0.2) is 9.55 Å². The van der Waals surface area contributed by atoms with Crippen LogP contribution in [0.25, 0.3) is 10.9 Å². The normalized spacial score (nSPS) is 11.9. The lowest BCUT2D eigenvalue weighted by molar-refractivity contribution is 0.144. The van der Waals surface area contributed by atoms with Crippen LogP contribution in [0.2, 0.25) is 0 Å². The Balaban J connectivity index is 2.28. The van der Waals surface area contributed by atoms with Gasteiger partial charge in [0.2, 0.25) is 0 Å². The smallest absolute Gasteiger partial charge is 0.474 e. The first-order valence-electron chi connectivity index (χ1n) is 5.62. The van der Waals surface area contributed by atoms with E-state index in [1.54, 1.807) is 18.2 Å². The van der Waals surface area contributed by atoms with Gasteiger partial charge in [0.25, 0.3) is 0 Å². The largest absolute Gasteiger partial charge is 0.507 e. The molecule has 8 heteroatoms. The van der Waals surface area contributed by atoms with Gasteiger partial charge in [0.05, 0.1) is 15.7 Å². The highest BCUT2D eigenvalue weighted by Gasteiger charge is 2.22. The third-order valence-electron chi connectivity index (χ3n) is 2.66. The monoisotopic (exact) mass is 361 g/mol. The Morgan fingerprint density at radius 2 is 1.90 bits per heavy atom. The van der Waals surface area contributed by atoms with Gasteiger partial charge in [0, 0.05) is 19.6 Å². The number of phenolic OH excluding ortho intramolecular Hbond substituents is 1. The number of fused-ring (bicyclic) bond motifs is 1. The third kappa shape index (κ3) is 3.19. The molecular weight excluding hydrogens is 349 g/mol. The fourth-order valence-electron chi connectivity index (χ4n) is 1.59. The van der Waals surface area contributed by atoms with Crippen LogP contribution in [-0.4, -0.2) is 24.3 Å². The number of nitrogens with zero attached hydrogens (tertiary/aromatic N) is 1. The minimum absolute atomic E-state index is 0.0308. The highest BCUT2D eigenvalue weighted by atomic mass is 79.9. The zero-order chi connectivity index (χ0) is 14.8. The van der Waals surface area contributed by atoms with Crippen molar-refractivity contribution in [2.24, 2.45) is 0 Å². The SMILES string of the molecule is COP(=O)(OC)OCc1ccc2ccc(O)c(Br)c2n1. The predicted molar refractivity (Wildman–Crippen MR) is 77.5 cm³/mol. The highest BCUT2D eigenvalue weighted by Crippen LogP contribution is 2.48. The van der Waals surface area contributed by atoms with Gasteiger partial charge in [-0.1, -0.05) is 6.07 Å². The number of halogens is 1. The molecule has 0 spiro atoms. The van der Waals surface area contributed by atoms with Crippen LogP contribution in [0.4, 0.5) is 0 Å². The molecular formula is C12H13BrNO5P. The summed E-state index contributed by atoms with van der Waals surface area (Å²) in [5.74, 6) is 0.0996. The summed E-state index contributed by atoms with van der Waals surface area (Å²) in [6.45, 7) is -0.0308. The van der Waals surface area contributed by atoms with Crippen molar-refractivity contribution in [3.05, 3.63) is 34.4 Å². The Hall–Kier alpha value is -0.980. The lowest BCUT2D eigenvalue weighted by Gasteiger charge is -2.13. The molecule has 1 N–H and O–H groups in total. The fraction of sp³-hybridized carbons (Fsp3) is 0.250. The fourth-order valence-corrected chi connectivity index (χ4v) is 2.69. The maximum atomic E-state index is 11.8. The lowest BCUT2D eigenvalue weighted by Crippen LogP contribution is -1.98. The third-order valence-corrected chi connectivity index (χ3v) is 4.78. The van der Waals surface area contributed by atoms with Crippen LogP contribution < -0.4 is 0 Å². The number of phosphoric ester groups is 1. The first-order chi connectivity index (χ1) is 9.49. The van der Waals surface area contributed by atoms with Gasteiger partial charge < -0.3 is 5.11 Å². The van der Waals surface area contributed by atoms with Crippen molar-refractivity contribution in [2.45, 2.75) is 6.61 Å². The maximum Gasteiger partial charge on any atom is 0.474 e. The molecule has 2 rings (SSSR count).